The van der Waals surface area contributed by atoms with Crippen LogP contribution < -0.4 is 10.2 Å². The van der Waals surface area contributed by atoms with Crippen molar-refractivity contribution in [3.05, 3.63) is 30.3 Å². The van der Waals surface area contributed by atoms with Crippen LogP contribution in [0, 0.1) is 0 Å². The normalized spacial score (nSPS) is 19.4. The minimum Gasteiger partial charge on any atom is -0.365 e. The Morgan fingerprint density at radius 2 is 2.05 bits per heavy atom. The number of rotatable bonds is 3. The van der Waals surface area contributed by atoms with Crippen LogP contribution in [0.3, 0.4) is 0 Å². The van der Waals surface area contributed by atoms with Gasteiger partial charge in [-0.15, -0.1) is 0 Å². The van der Waals surface area contributed by atoms with E-state index in [0.29, 0.717) is 6.04 Å². The minimum atomic E-state index is 0.0708. The smallest absolute Gasteiger partial charge is 0.317 e. The molecule has 1 fully saturated rings. The fourth-order valence-electron chi connectivity index (χ4n) is 2.49. The van der Waals surface area contributed by atoms with Crippen LogP contribution in [0.4, 0.5) is 10.5 Å². The molecule has 0 aromatic heterocycles. The Morgan fingerprint density at radius 3 is 2.68 bits per heavy atom. The molecule has 1 saturated heterocycles. The molecule has 1 aliphatic heterocycles. The summed E-state index contributed by atoms with van der Waals surface area (Å²) in [6, 6.07) is 10.8. The molecule has 1 atom stereocenters. The van der Waals surface area contributed by atoms with Crippen molar-refractivity contribution in [2.45, 2.75) is 26.3 Å². The van der Waals surface area contributed by atoms with Crippen molar-refractivity contribution in [3.63, 3.8) is 0 Å². The number of piperazine rings is 1. The van der Waals surface area contributed by atoms with E-state index in [9.17, 15) is 4.79 Å². The van der Waals surface area contributed by atoms with E-state index in [1.165, 1.54) is 5.69 Å². The van der Waals surface area contributed by atoms with Gasteiger partial charge in [-0.1, -0.05) is 25.1 Å². The summed E-state index contributed by atoms with van der Waals surface area (Å²) >= 11 is 0. The highest BCUT2D eigenvalue weighted by molar-refractivity contribution is 5.74. The van der Waals surface area contributed by atoms with Crippen LogP contribution in [0.5, 0.6) is 0 Å². The van der Waals surface area contributed by atoms with E-state index in [0.717, 1.165) is 32.6 Å². The number of nitrogens with zero attached hydrogens (tertiary/aromatic N) is 2. The molecular formula is C15H23N3O. The summed E-state index contributed by atoms with van der Waals surface area (Å²) in [6.07, 6.45) is 0.977. The zero-order valence-corrected chi connectivity index (χ0v) is 11.8. The van der Waals surface area contributed by atoms with Crippen LogP contribution in [-0.2, 0) is 0 Å². The van der Waals surface area contributed by atoms with Gasteiger partial charge in [-0.3, -0.25) is 0 Å². The Morgan fingerprint density at radius 1 is 1.32 bits per heavy atom. The second-order valence-electron chi connectivity index (χ2n) is 5.06. The van der Waals surface area contributed by atoms with Gasteiger partial charge in [0.25, 0.3) is 0 Å². The SMILES string of the molecule is CCCNC(=O)N1CCN(c2ccccc2)C(C)C1. The lowest BCUT2D eigenvalue weighted by molar-refractivity contribution is 0.186. The van der Waals surface area contributed by atoms with E-state index in [-0.39, 0.29) is 6.03 Å². The number of amides is 2. The van der Waals surface area contributed by atoms with Crippen LogP contribution >= 0.6 is 0 Å². The van der Waals surface area contributed by atoms with Gasteiger partial charge in [0.15, 0.2) is 0 Å². The Balaban J connectivity index is 1.93. The molecule has 1 N–H and O–H groups in total. The van der Waals surface area contributed by atoms with Gasteiger partial charge in [-0.25, -0.2) is 4.79 Å². The third-order valence-electron chi connectivity index (χ3n) is 3.53. The highest BCUT2D eigenvalue weighted by Crippen LogP contribution is 2.19. The molecule has 0 radical (unpaired) electrons. The summed E-state index contributed by atoms with van der Waals surface area (Å²) in [6.45, 7) is 7.46. The number of hydrogen-bond donors (Lipinski definition) is 1. The monoisotopic (exact) mass is 261 g/mol. The maximum Gasteiger partial charge on any atom is 0.317 e. The average molecular weight is 261 g/mol. The quantitative estimate of drug-likeness (QED) is 0.906. The predicted molar refractivity (Wildman–Crippen MR) is 78.5 cm³/mol. The van der Waals surface area contributed by atoms with Crippen molar-refractivity contribution in [2.24, 2.45) is 0 Å². The number of para-hydroxylation sites is 1. The van der Waals surface area contributed by atoms with Crippen LogP contribution in [0.15, 0.2) is 30.3 Å². The second-order valence-corrected chi connectivity index (χ2v) is 5.06. The van der Waals surface area contributed by atoms with Gasteiger partial charge in [0.2, 0.25) is 0 Å². The van der Waals surface area contributed by atoms with Crippen molar-refractivity contribution < 1.29 is 4.79 Å². The van der Waals surface area contributed by atoms with E-state index in [2.05, 4.69) is 48.3 Å². The lowest BCUT2D eigenvalue weighted by Crippen LogP contribution is -2.56. The predicted octanol–water partition coefficient (Wildman–Crippen LogP) is 2.32. The van der Waals surface area contributed by atoms with Crippen molar-refractivity contribution in [2.75, 3.05) is 31.1 Å². The minimum absolute atomic E-state index is 0.0708. The maximum atomic E-state index is 11.9. The van der Waals surface area contributed by atoms with Gasteiger partial charge < -0.3 is 15.1 Å². The lowest BCUT2D eigenvalue weighted by atomic mass is 10.1. The number of benzene rings is 1. The van der Waals surface area contributed by atoms with Crippen molar-refractivity contribution in [3.8, 4) is 0 Å². The number of anilines is 1. The van der Waals surface area contributed by atoms with E-state index < -0.39 is 0 Å². The van der Waals surface area contributed by atoms with Gasteiger partial charge in [0.1, 0.15) is 0 Å². The van der Waals surface area contributed by atoms with Crippen molar-refractivity contribution in [1.29, 1.82) is 0 Å². The molecule has 0 saturated carbocycles. The van der Waals surface area contributed by atoms with Gasteiger partial charge in [0, 0.05) is 37.9 Å². The van der Waals surface area contributed by atoms with Gasteiger partial charge in [-0.2, -0.15) is 0 Å². The van der Waals surface area contributed by atoms with Gasteiger partial charge >= 0.3 is 6.03 Å². The lowest BCUT2D eigenvalue weighted by Gasteiger charge is -2.41. The first-order chi connectivity index (χ1) is 9.22. The molecule has 1 heterocycles. The molecule has 19 heavy (non-hydrogen) atoms. The fraction of sp³-hybridized carbons (Fsp3) is 0.533. The molecule has 2 amide bonds. The highest BCUT2D eigenvalue weighted by atomic mass is 16.2. The maximum absolute atomic E-state index is 11.9. The number of nitrogens with one attached hydrogen (secondary N) is 1. The molecule has 1 aromatic rings. The number of hydrogen-bond acceptors (Lipinski definition) is 2. The average Bonchev–Trinajstić information content (AvgIpc) is 2.45. The highest BCUT2D eigenvalue weighted by Gasteiger charge is 2.26. The molecule has 0 aliphatic carbocycles. The Hall–Kier alpha value is -1.71. The van der Waals surface area contributed by atoms with Crippen LogP contribution in [0.2, 0.25) is 0 Å². The molecular weight excluding hydrogens is 238 g/mol. The zero-order chi connectivity index (χ0) is 13.7. The number of urea groups is 1. The first kappa shape index (κ1) is 13.7. The molecule has 2 rings (SSSR count). The van der Waals surface area contributed by atoms with Crippen molar-refractivity contribution in [1.82, 2.24) is 10.2 Å². The fourth-order valence-corrected chi connectivity index (χ4v) is 2.49. The third kappa shape index (κ3) is 3.40. The summed E-state index contributed by atoms with van der Waals surface area (Å²) in [5, 5.41) is 2.95. The van der Waals surface area contributed by atoms with Crippen LogP contribution in [0.1, 0.15) is 20.3 Å². The summed E-state index contributed by atoms with van der Waals surface area (Å²) in [4.78, 5) is 16.2. The van der Waals surface area contributed by atoms with Gasteiger partial charge in [-0.05, 0) is 25.5 Å². The Labute approximate surface area is 115 Å². The topological polar surface area (TPSA) is 35.6 Å². The first-order valence-electron chi connectivity index (χ1n) is 7.07. The van der Waals surface area contributed by atoms with Crippen LogP contribution in [0.25, 0.3) is 0 Å². The van der Waals surface area contributed by atoms with E-state index in [1.807, 2.05) is 11.0 Å². The molecule has 4 heteroatoms. The number of carbonyl (C=O) groups excluding carboxylic acids is 1. The van der Waals surface area contributed by atoms with E-state index >= 15 is 0 Å². The van der Waals surface area contributed by atoms with Crippen LogP contribution in [-0.4, -0.2) is 43.2 Å². The molecule has 1 unspecified atom stereocenters. The number of carbonyl (C=O) groups is 1. The first-order valence-corrected chi connectivity index (χ1v) is 7.07. The molecule has 0 spiro atoms. The summed E-state index contributed by atoms with van der Waals surface area (Å²) in [7, 11) is 0. The Bertz CT molecular complexity index is 407. The third-order valence-corrected chi connectivity index (χ3v) is 3.53. The molecule has 104 valence electrons. The summed E-state index contributed by atoms with van der Waals surface area (Å²) < 4.78 is 0. The largest absolute Gasteiger partial charge is 0.365 e. The molecule has 4 nitrogen and oxygen atoms in total. The van der Waals surface area contributed by atoms with E-state index in [4.69, 9.17) is 0 Å². The molecule has 1 aromatic carbocycles. The Kier molecular flexibility index (Phi) is 4.66. The summed E-state index contributed by atoms with van der Waals surface area (Å²) in [5.74, 6) is 0. The zero-order valence-electron chi connectivity index (χ0n) is 11.8. The molecule has 0 bridgehead atoms. The van der Waals surface area contributed by atoms with Gasteiger partial charge in [0.05, 0.1) is 0 Å². The molecule has 1 aliphatic rings. The standard InChI is InChI=1S/C15H23N3O/c1-3-9-16-15(19)17-10-11-18(13(2)12-17)14-7-5-4-6-8-14/h4-8,13H,3,9-12H2,1-2H3,(H,16,19). The second kappa shape index (κ2) is 6.45. The van der Waals surface area contributed by atoms with E-state index in [1.54, 1.807) is 0 Å². The summed E-state index contributed by atoms with van der Waals surface area (Å²) in [5.41, 5.74) is 1.24. The van der Waals surface area contributed by atoms with Crippen molar-refractivity contribution >= 4 is 11.7 Å².